The summed E-state index contributed by atoms with van der Waals surface area (Å²) < 4.78 is 22.4. The largest absolute Gasteiger partial charge is 0.354 e. The van der Waals surface area contributed by atoms with Crippen molar-refractivity contribution >= 4 is 13.7 Å². The summed E-state index contributed by atoms with van der Waals surface area (Å²) in [6, 6.07) is 8.99. The van der Waals surface area contributed by atoms with Gasteiger partial charge in [0.1, 0.15) is 0 Å². The second-order valence-electron chi connectivity index (χ2n) is 3.42. The summed E-state index contributed by atoms with van der Waals surface area (Å²) in [5.74, 6) is 1.45. The topological polar surface area (TPSA) is 59.3 Å². The molecule has 4 nitrogen and oxygen atoms in total. The van der Waals surface area contributed by atoms with Gasteiger partial charge in [0.2, 0.25) is 0 Å². The third kappa shape index (κ3) is 4.46. The number of nitriles is 1. The molecule has 0 aliphatic carbocycles. The zero-order valence-corrected chi connectivity index (χ0v) is 11.4. The van der Waals surface area contributed by atoms with E-state index in [9.17, 15) is 4.57 Å². The monoisotopic (exact) mass is 265 g/mol. The van der Waals surface area contributed by atoms with Gasteiger partial charge in [-0.1, -0.05) is 12.1 Å². The minimum Gasteiger partial charge on any atom is -0.306 e. The van der Waals surface area contributed by atoms with Crippen LogP contribution < -0.4 is 0 Å². The highest BCUT2D eigenvalue weighted by Gasteiger charge is 2.18. The summed E-state index contributed by atoms with van der Waals surface area (Å²) in [6.07, 6.45) is 1.67. The lowest BCUT2D eigenvalue weighted by molar-refractivity contribution is 0.229. The van der Waals surface area contributed by atoms with Crippen molar-refractivity contribution in [2.24, 2.45) is 0 Å². The fourth-order valence-electron chi connectivity index (χ4n) is 1.33. The van der Waals surface area contributed by atoms with Crippen molar-refractivity contribution in [1.29, 1.82) is 5.26 Å². The molecule has 0 atom stereocenters. The summed E-state index contributed by atoms with van der Waals surface area (Å²) >= 11 is 0. The molecule has 1 rings (SSSR count). The molecule has 0 bridgehead atoms. The second-order valence-corrected chi connectivity index (χ2v) is 5.32. The SMILES string of the molecule is CCOP(=O)(/C=C/c1ccc(C#N)cc1)OCC. The van der Waals surface area contributed by atoms with Crippen molar-refractivity contribution in [2.45, 2.75) is 13.8 Å². The lowest BCUT2D eigenvalue weighted by atomic mass is 10.1. The Bertz CT molecular complexity index is 478. The maximum Gasteiger partial charge on any atom is 0.354 e. The average molecular weight is 265 g/mol. The van der Waals surface area contributed by atoms with E-state index in [0.29, 0.717) is 18.8 Å². The molecule has 0 fully saturated rings. The lowest BCUT2D eigenvalue weighted by Crippen LogP contribution is -1.92. The molecule has 0 unspecified atom stereocenters. The van der Waals surface area contributed by atoms with Gasteiger partial charge < -0.3 is 9.05 Å². The summed E-state index contributed by atoms with van der Waals surface area (Å²) in [7, 11) is -3.15. The van der Waals surface area contributed by atoms with Crippen LogP contribution in [0.25, 0.3) is 6.08 Å². The molecule has 0 aliphatic heterocycles. The van der Waals surface area contributed by atoms with Crippen molar-refractivity contribution in [3.8, 4) is 6.07 Å². The van der Waals surface area contributed by atoms with Gasteiger partial charge in [-0.2, -0.15) is 5.26 Å². The Morgan fingerprint density at radius 3 is 2.22 bits per heavy atom. The molecule has 96 valence electrons. The van der Waals surface area contributed by atoms with Gasteiger partial charge in [-0.15, -0.1) is 0 Å². The highest BCUT2D eigenvalue weighted by molar-refractivity contribution is 7.57. The zero-order valence-electron chi connectivity index (χ0n) is 10.5. The van der Waals surface area contributed by atoms with Crippen LogP contribution >= 0.6 is 7.60 Å². The smallest absolute Gasteiger partial charge is 0.306 e. The van der Waals surface area contributed by atoms with Gasteiger partial charge in [0.25, 0.3) is 0 Å². The van der Waals surface area contributed by atoms with E-state index in [-0.39, 0.29) is 0 Å². The van der Waals surface area contributed by atoms with Crippen LogP contribution in [0.1, 0.15) is 25.0 Å². The fraction of sp³-hybridized carbons (Fsp3) is 0.308. The van der Waals surface area contributed by atoms with Crippen molar-refractivity contribution in [1.82, 2.24) is 0 Å². The van der Waals surface area contributed by atoms with E-state index in [4.69, 9.17) is 14.3 Å². The molecule has 18 heavy (non-hydrogen) atoms. The molecular weight excluding hydrogens is 249 g/mol. The number of nitrogens with zero attached hydrogens (tertiary/aromatic N) is 1. The Balaban J connectivity index is 2.82. The normalized spacial score (nSPS) is 11.6. The van der Waals surface area contributed by atoms with E-state index >= 15 is 0 Å². The van der Waals surface area contributed by atoms with Crippen molar-refractivity contribution in [3.05, 3.63) is 41.2 Å². The Hall–Kier alpha value is -1.40. The molecule has 0 saturated heterocycles. The molecule has 1 aromatic carbocycles. The van der Waals surface area contributed by atoms with Gasteiger partial charge in [-0.3, -0.25) is 4.57 Å². The first-order valence-corrected chi connectivity index (χ1v) is 7.33. The van der Waals surface area contributed by atoms with Crippen LogP contribution in [-0.2, 0) is 13.6 Å². The molecule has 0 spiro atoms. The summed E-state index contributed by atoms with van der Waals surface area (Å²) in [5, 5.41) is 8.68. The number of hydrogen-bond donors (Lipinski definition) is 0. The Kier molecular flexibility index (Phi) is 5.80. The van der Waals surface area contributed by atoms with Gasteiger partial charge in [0.05, 0.1) is 24.8 Å². The maximum absolute atomic E-state index is 12.1. The predicted octanol–water partition coefficient (Wildman–Crippen LogP) is 3.80. The van der Waals surface area contributed by atoms with Gasteiger partial charge in [0, 0.05) is 5.82 Å². The molecule has 0 radical (unpaired) electrons. The molecule has 0 amide bonds. The number of hydrogen-bond acceptors (Lipinski definition) is 4. The molecule has 0 N–H and O–H groups in total. The van der Waals surface area contributed by atoms with E-state index in [1.165, 1.54) is 5.82 Å². The minimum absolute atomic E-state index is 0.328. The van der Waals surface area contributed by atoms with E-state index in [0.717, 1.165) is 5.56 Å². The van der Waals surface area contributed by atoms with Crippen LogP contribution in [0.5, 0.6) is 0 Å². The van der Waals surface area contributed by atoms with Crippen molar-refractivity contribution in [2.75, 3.05) is 13.2 Å². The van der Waals surface area contributed by atoms with E-state index in [2.05, 4.69) is 0 Å². The first-order chi connectivity index (χ1) is 8.63. The molecule has 5 heteroatoms. The molecule has 0 saturated carbocycles. The van der Waals surface area contributed by atoms with Crippen LogP contribution in [-0.4, -0.2) is 13.2 Å². The van der Waals surface area contributed by atoms with Crippen LogP contribution in [0.4, 0.5) is 0 Å². The quantitative estimate of drug-likeness (QED) is 0.734. The first kappa shape index (κ1) is 14.7. The van der Waals surface area contributed by atoms with Gasteiger partial charge >= 0.3 is 7.60 Å². The lowest BCUT2D eigenvalue weighted by Gasteiger charge is -2.12. The molecule has 0 aliphatic rings. The van der Waals surface area contributed by atoms with Crippen molar-refractivity contribution < 1.29 is 13.6 Å². The van der Waals surface area contributed by atoms with Crippen LogP contribution in [0, 0.1) is 11.3 Å². The third-order valence-electron chi connectivity index (χ3n) is 2.11. The highest BCUT2D eigenvalue weighted by atomic mass is 31.2. The standard InChI is InChI=1S/C13H16NO3P/c1-3-16-18(15,17-4-2)10-9-12-5-7-13(11-14)8-6-12/h5-10H,3-4H2,1-2H3/b10-9+. The van der Waals surface area contributed by atoms with Gasteiger partial charge in [-0.25, -0.2) is 0 Å². The Labute approximate surface area is 107 Å². The minimum atomic E-state index is -3.15. The van der Waals surface area contributed by atoms with E-state index in [1.54, 1.807) is 44.2 Å². The van der Waals surface area contributed by atoms with Crippen LogP contribution in [0.2, 0.25) is 0 Å². The summed E-state index contributed by atoms with van der Waals surface area (Å²) in [4.78, 5) is 0. The summed E-state index contributed by atoms with van der Waals surface area (Å²) in [6.45, 7) is 4.19. The number of rotatable bonds is 6. The van der Waals surface area contributed by atoms with Crippen LogP contribution in [0.3, 0.4) is 0 Å². The molecular formula is C13H16NO3P. The maximum atomic E-state index is 12.1. The molecule has 0 heterocycles. The van der Waals surface area contributed by atoms with E-state index in [1.807, 2.05) is 6.07 Å². The van der Waals surface area contributed by atoms with Gasteiger partial charge in [0.15, 0.2) is 0 Å². The van der Waals surface area contributed by atoms with Gasteiger partial charge in [-0.05, 0) is 37.6 Å². The Morgan fingerprint density at radius 1 is 1.22 bits per heavy atom. The second kappa shape index (κ2) is 7.13. The van der Waals surface area contributed by atoms with Crippen molar-refractivity contribution in [3.63, 3.8) is 0 Å². The molecule has 1 aromatic rings. The summed E-state index contributed by atoms with van der Waals surface area (Å²) in [5.41, 5.74) is 1.43. The Morgan fingerprint density at radius 2 is 1.78 bits per heavy atom. The first-order valence-electron chi connectivity index (χ1n) is 5.71. The van der Waals surface area contributed by atoms with E-state index < -0.39 is 7.60 Å². The number of benzene rings is 1. The van der Waals surface area contributed by atoms with Crippen LogP contribution in [0.15, 0.2) is 30.1 Å². The predicted molar refractivity (Wildman–Crippen MR) is 71.0 cm³/mol. The zero-order chi connectivity index (χ0) is 13.4. The fourth-order valence-corrected chi connectivity index (χ4v) is 2.65. The molecule has 0 aromatic heterocycles. The average Bonchev–Trinajstić information content (AvgIpc) is 2.38. The highest BCUT2D eigenvalue weighted by Crippen LogP contribution is 2.49. The third-order valence-corrected chi connectivity index (χ3v) is 3.86.